The highest BCUT2D eigenvalue weighted by atomic mass is 16.1. The normalized spacial score (nSPS) is 15.3. The van der Waals surface area contributed by atoms with Crippen LogP contribution in [0.5, 0.6) is 0 Å². The second kappa shape index (κ2) is 6.79. The molecule has 0 aliphatic carbocycles. The van der Waals surface area contributed by atoms with Gasteiger partial charge in [-0.25, -0.2) is 0 Å². The maximum atomic E-state index is 11.5. The number of carbonyl (C=O) groups is 1. The summed E-state index contributed by atoms with van der Waals surface area (Å²) in [5, 5.41) is 2.91. The molecule has 0 radical (unpaired) electrons. The van der Waals surface area contributed by atoms with Crippen molar-refractivity contribution in [2.24, 2.45) is 11.7 Å². The van der Waals surface area contributed by atoms with Crippen LogP contribution in [0.3, 0.4) is 0 Å². The predicted octanol–water partition coefficient (Wildman–Crippen LogP) is 0.0376. The molecule has 0 aromatic rings. The number of nitrogens with one attached hydrogen (secondary N) is 1. The van der Waals surface area contributed by atoms with Gasteiger partial charge in [0.15, 0.2) is 0 Å². The van der Waals surface area contributed by atoms with Crippen LogP contribution < -0.4 is 11.1 Å². The van der Waals surface area contributed by atoms with E-state index in [1.807, 2.05) is 21.0 Å². The summed E-state index contributed by atoms with van der Waals surface area (Å²) in [7, 11) is 4.00. The van der Waals surface area contributed by atoms with Gasteiger partial charge < -0.3 is 16.0 Å². The van der Waals surface area contributed by atoms with Crippen LogP contribution in [0.1, 0.15) is 20.3 Å². The summed E-state index contributed by atoms with van der Waals surface area (Å²) in [6, 6.07) is 0.365. The molecule has 0 heterocycles. The number of rotatable bonds is 6. The average Bonchev–Trinajstić information content (AvgIpc) is 2.13. The Balaban J connectivity index is 3.73. The molecule has 2 atom stereocenters. The SMILES string of the molecule is CC(CCN)C(=O)NCC(C)N(C)C. The van der Waals surface area contributed by atoms with Crippen LogP contribution in [-0.2, 0) is 4.79 Å². The van der Waals surface area contributed by atoms with Crippen molar-refractivity contribution in [3.63, 3.8) is 0 Å². The molecule has 4 nitrogen and oxygen atoms in total. The Bertz CT molecular complexity index is 171. The minimum Gasteiger partial charge on any atom is -0.354 e. The van der Waals surface area contributed by atoms with Crippen molar-refractivity contribution >= 4 is 5.91 Å². The Morgan fingerprint density at radius 3 is 2.43 bits per heavy atom. The Hall–Kier alpha value is -0.610. The first-order chi connectivity index (χ1) is 6.49. The fourth-order valence-electron chi connectivity index (χ4n) is 0.986. The third-order valence-corrected chi connectivity index (χ3v) is 2.50. The van der Waals surface area contributed by atoms with E-state index in [9.17, 15) is 4.79 Å². The molecular formula is C10H23N3O. The predicted molar refractivity (Wildman–Crippen MR) is 59.0 cm³/mol. The summed E-state index contributed by atoms with van der Waals surface area (Å²) in [5.41, 5.74) is 5.38. The Morgan fingerprint density at radius 1 is 1.43 bits per heavy atom. The minimum atomic E-state index is 0.0226. The van der Waals surface area contributed by atoms with Gasteiger partial charge in [0.25, 0.3) is 0 Å². The van der Waals surface area contributed by atoms with Gasteiger partial charge in [0.1, 0.15) is 0 Å². The number of nitrogens with zero attached hydrogens (tertiary/aromatic N) is 1. The lowest BCUT2D eigenvalue weighted by Gasteiger charge is -2.21. The van der Waals surface area contributed by atoms with E-state index >= 15 is 0 Å². The van der Waals surface area contributed by atoms with Gasteiger partial charge in [-0.2, -0.15) is 0 Å². The second-order valence-electron chi connectivity index (χ2n) is 4.04. The number of likely N-dealkylation sites (N-methyl/N-ethyl adjacent to an activating group) is 1. The Morgan fingerprint density at radius 2 is 2.00 bits per heavy atom. The molecule has 0 aliphatic rings. The van der Waals surface area contributed by atoms with Crippen LogP contribution in [0.25, 0.3) is 0 Å². The molecule has 0 bridgehead atoms. The van der Waals surface area contributed by atoms with Crippen LogP contribution in [0.4, 0.5) is 0 Å². The van der Waals surface area contributed by atoms with E-state index in [1.165, 1.54) is 0 Å². The molecule has 0 aliphatic heterocycles. The summed E-state index contributed by atoms with van der Waals surface area (Å²) >= 11 is 0. The highest BCUT2D eigenvalue weighted by Gasteiger charge is 2.12. The fraction of sp³-hybridized carbons (Fsp3) is 0.900. The van der Waals surface area contributed by atoms with E-state index in [2.05, 4.69) is 17.1 Å². The van der Waals surface area contributed by atoms with Crippen molar-refractivity contribution in [1.82, 2.24) is 10.2 Å². The maximum absolute atomic E-state index is 11.5. The molecular weight excluding hydrogens is 178 g/mol. The maximum Gasteiger partial charge on any atom is 0.222 e. The lowest BCUT2D eigenvalue weighted by Crippen LogP contribution is -2.40. The number of hydrogen-bond donors (Lipinski definition) is 2. The largest absolute Gasteiger partial charge is 0.354 e. The number of carbonyl (C=O) groups excluding carboxylic acids is 1. The molecule has 4 heteroatoms. The van der Waals surface area contributed by atoms with E-state index in [1.54, 1.807) is 0 Å². The first kappa shape index (κ1) is 13.4. The molecule has 0 aromatic carbocycles. The number of hydrogen-bond acceptors (Lipinski definition) is 3. The van der Waals surface area contributed by atoms with Gasteiger partial charge in [-0.05, 0) is 34.0 Å². The zero-order chi connectivity index (χ0) is 11.1. The zero-order valence-corrected chi connectivity index (χ0v) is 9.71. The van der Waals surface area contributed by atoms with Crippen LogP contribution in [0.2, 0.25) is 0 Å². The smallest absolute Gasteiger partial charge is 0.222 e. The van der Waals surface area contributed by atoms with E-state index in [-0.39, 0.29) is 11.8 Å². The summed E-state index contributed by atoms with van der Waals surface area (Å²) in [6.45, 7) is 5.25. The summed E-state index contributed by atoms with van der Waals surface area (Å²) in [5.74, 6) is 0.124. The van der Waals surface area contributed by atoms with Crippen molar-refractivity contribution in [3.8, 4) is 0 Å². The zero-order valence-electron chi connectivity index (χ0n) is 9.71. The topological polar surface area (TPSA) is 58.4 Å². The van der Waals surface area contributed by atoms with Gasteiger partial charge in [0, 0.05) is 18.5 Å². The molecule has 3 N–H and O–H groups in total. The number of amides is 1. The molecule has 0 aromatic heterocycles. The minimum absolute atomic E-state index is 0.0226. The van der Waals surface area contributed by atoms with Crippen LogP contribution in [0, 0.1) is 5.92 Å². The van der Waals surface area contributed by atoms with Crippen LogP contribution in [-0.4, -0.2) is 44.0 Å². The van der Waals surface area contributed by atoms with Gasteiger partial charge in [0.05, 0.1) is 0 Å². The second-order valence-corrected chi connectivity index (χ2v) is 4.04. The van der Waals surface area contributed by atoms with E-state index in [0.29, 0.717) is 19.1 Å². The summed E-state index contributed by atoms with van der Waals surface area (Å²) < 4.78 is 0. The third-order valence-electron chi connectivity index (χ3n) is 2.50. The van der Waals surface area contributed by atoms with Crippen molar-refractivity contribution in [3.05, 3.63) is 0 Å². The average molecular weight is 201 g/mol. The molecule has 14 heavy (non-hydrogen) atoms. The summed E-state index contributed by atoms with van der Waals surface area (Å²) in [4.78, 5) is 13.6. The highest BCUT2D eigenvalue weighted by Crippen LogP contribution is 1.99. The van der Waals surface area contributed by atoms with Gasteiger partial charge in [-0.1, -0.05) is 6.92 Å². The molecule has 0 fully saturated rings. The first-order valence-corrected chi connectivity index (χ1v) is 5.13. The summed E-state index contributed by atoms with van der Waals surface area (Å²) in [6.07, 6.45) is 0.752. The monoisotopic (exact) mass is 201 g/mol. The van der Waals surface area contributed by atoms with E-state index < -0.39 is 0 Å². The van der Waals surface area contributed by atoms with Crippen molar-refractivity contribution < 1.29 is 4.79 Å². The molecule has 0 spiro atoms. The Labute approximate surface area is 86.8 Å². The molecule has 2 unspecified atom stereocenters. The Kier molecular flexibility index (Phi) is 6.49. The molecule has 0 saturated carbocycles. The van der Waals surface area contributed by atoms with Gasteiger partial charge in [-0.15, -0.1) is 0 Å². The van der Waals surface area contributed by atoms with E-state index in [0.717, 1.165) is 6.42 Å². The molecule has 0 rings (SSSR count). The lowest BCUT2D eigenvalue weighted by atomic mass is 10.1. The first-order valence-electron chi connectivity index (χ1n) is 5.13. The fourth-order valence-corrected chi connectivity index (χ4v) is 0.986. The van der Waals surface area contributed by atoms with Gasteiger partial charge in [-0.3, -0.25) is 4.79 Å². The standard InChI is InChI=1S/C10H23N3O/c1-8(5-6-11)10(14)12-7-9(2)13(3)4/h8-9H,5-7,11H2,1-4H3,(H,12,14). The quantitative estimate of drug-likeness (QED) is 0.638. The molecule has 84 valence electrons. The lowest BCUT2D eigenvalue weighted by molar-refractivity contribution is -0.124. The third kappa shape index (κ3) is 5.19. The van der Waals surface area contributed by atoms with Crippen molar-refractivity contribution in [2.75, 3.05) is 27.2 Å². The van der Waals surface area contributed by atoms with E-state index in [4.69, 9.17) is 5.73 Å². The van der Waals surface area contributed by atoms with Crippen LogP contribution >= 0.6 is 0 Å². The van der Waals surface area contributed by atoms with Crippen molar-refractivity contribution in [2.45, 2.75) is 26.3 Å². The highest BCUT2D eigenvalue weighted by molar-refractivity contribution is 5.78. The van der Waals surface area contributed by atoms with Gasteiger partial charge >= 0.3 is 0 Å². The number of nitrogens with two attached hydrogens (primary N) is 1. The molecule has 0 saturated heterocycles. The van der Waals surface area contributed by atoms with Crippen molar-refractivity contribution in [1.29, 1.82) is 0 Å². The molecule has 1 amide bonds. The van der Waals surface area contributed by atoms with Gasteiger partial charge in [0.2, 0.25) is 5.91 Å². The van der Waals surface area contributed by atoms with Crippen LogP contribution in [0.15, 0.2) is 0 Å².